The Labute approximate surface area is 229 Å². The van der Waals surface area contributed by atoms with Gasteiger partial charge in [0.25, 0.3) is 10.0 Å². The van der Waals surface area contributed by atoms with Crippen molar-refractivity contribution in [3.63, 3.8) is 0 Å². The Morgan fingerprint density at radius 3 is 2.02 bits per heavy atom. The highest BCUT2D eigenvalue weighted by atomic mass is 35.5. The van der Waals surface area contributed by atoms with Gasteiger partial charge in [-0.1, -0.05) is 17.7 Å². The molecule has 3 aromatic carbocycles. The predicted molar refractivity (Wildman–Crippen MR) is 136 cm³/mol. The molecule has 0 saturated heterocycles. The third kappa shape index (κ3) is 7.79. The van der Waals surface area contributed by atoms with Crippen LogP contribution in [0.15, 0.2) is 71.6 Å². The molecule has 8 nitrogen and oxygen atoms in total. The van der Waals surface area contributed by atoms with E-state index in [1.807, 2.05) is 4.72 Å². The van der Waals surface area contributed by atoms with Crippen LogP contribution >= 0.6 is 11.6 Å². The largest absolute Gasteiger partial charge is 0.417 e. The molecule has 216 valence electrons. The van der Waals surface area contributed by atoms with Crippen molar-refractivity contribution in [2.45, 2.75) is 17.2 Å². The molecule has 0 bridgehead atoms. The van der Waals surface area contributed by atoms with Crippen LogP contribution in [0.25, 0.3) is 0 Å². The Hall–Kier alpha value is -3.50. The topological polar surface area (TPSA) is 113 Å². The van der Waals surface area contributed by atoms with Crippen molar-refractivity contribution in [1.82, 2.24) is 0 Å². The molecular weight excluding hydrogens is 612 g/mol. The van der Waals surface area contributed by atoms with Crippen molar-refractivity contribution >= 4 is 54.6 Å². The van der Waals surface area contributed by atoms with Gasteiger partial charge in [0.05, 0.1) is 33.0 Å². The van der Waals surface area contributed by atoms with Gasteiger partial charge in [-0.3, -0.25) is 13.8 Å². The molecule has 1 amide bonds. The quantitative estimate of drug-likeness (QED) is 0.316. The third-order valence-electron chi connectivity index (χ3n) is 5.12. The van der Waals surface area contributed by atoms with E-state index in [9.17, 15) is 48.0 Å². The van der Waals surface area contributed by atoms with E-state index in [0.717, 1.165) is 54.6 Å². The molecule has 40 heavy (non-hydrogen) atoms. The molecule has 0 aliphatic carbocycles. The summed E-state index contributed by atoms with van der Waals surface area (Å²) in [6.07, 6.45) is -8.90. The molecule has 0 unspecified atom stereocenters. The standard InChI is InChI=1S/C23H18ClF6N3O5S2/c1-39(35,36)33(17-7-10-20(24)19(12-17)23(28,29)30)13-21(34)31-15-5-8-18(9-6-15)40(37,38)32-16-4-2-3-14(11-16)22(25,26)27/h2-12,32H,13H2,1H3,(H,31,34). The lowest BCUT2D eigenvalue weighted by Gasteiger charge is -2.23. The Morgan fingerprint density at radius 1 is 0.850 bits per heavy atom. The first-order valence-electron chi connectivity index (χ1n) is 10.7. The van der Waals surface area contributed by atoms with Crippen LogP contribution in [0.5, 0.6) is 0 Å². The highest BCUT2D eigenvalue weighted by Crippen LogP contribution is 2.37. The van der Waals surface area contributed by atoms with Crippen LogP contribution in [0.3, 0.4) is 0 Å². The maximum atomic E-state index is 13.2. The molecule has 2 N–H and O–H groups in total. The summed E-state index contributed by atoms with van der Waals surface area (Å²) in [6, 6.07) is 10.1. The first kappa shape index (κ1) is 31.0. The fourth-order valence-electron chi connectivity index (χ4n) is 3.31. The zero-order valence-electron chi connectivity index (χ0n) is 20.0. The van der Waals surface area contributed by atoms with Gasteiger partial charge in [-0.15, -0.1) is 0 Å². The van der Waals surface area contributed by atoms with Gasteiger partial charge in [0, 0.05) is 11.4 Å². The molecule has 0 spiro atoms. The lowest BCUT2D eigenvalue weighted by atomic mass is 10.2. The number of carbonyl (C=O) groups excluding carboxylic acids is 1. The molecule has 0 aliphatic rings. The van der Waals surface area contributed by atoms with Crippen molar-refractivity contribution in [1.29, 1.82) is 0 Å². The summed E-state index contributed by atoms with van der Waals surface area (Å²) in [5, 5.41) is 1.62. The highest BCUT2D eigenvalue weighted by Gasteiger charge is 2.35. The normalized spacial score (nSPS) is 12.6. The number of nitrogens with one attached hydrogen (secondary N) is 2. The van der Waals surface area contributed by atoms with Crippen LogP contribution in [0.1, 0.15) is 11.1 Å². The van der Waals surface area contributed by atoms with Gasteiger partial charge in [0.1, 0.15) is 6.54 Å². The molecule has 0 heterocycles. The number of hydrogen-bond acceptors (Lipinski definition) is 5. The molecular formula is C23H18ClF6N3O5S2. The monoisotopic (exact) mass is 629 g/mol. The van der Waals surface area contributed by atoms with Crippen LogP contribution in [-0.4, -0.2) is 35.5 Å². The Bertz CT molecular complexity index is 1630. The SMILES string of the molecule is CS(=O)(=O)N(CC(=O)Nc1ccc(S(=O)(=O)Nc2cccc(C(F)(F)F)c2)cc1)c1ccc(Cl)c(C(F)(F)F)c1. The zero-order valence-corrected chi connectivity index (χ0v) is 22.4. The average Bonchev–Trinajstić information content (AvgIpc) is 2.81. The van der Waals surface area contributed by atoms with Crippen LogP contribution in [0.4, 0.5) is 43.4 Å². The molecule has 0 radical (unpaired) electrons. The number of anilines is 3. The van der Waals surface area contributed by atoms with E-state index in [2.05, 4.69) is 5.32 Å². The molecule has 17 heteroatoms. The molecule has 3 rings (SSSR count). The molecule has 0 aliphatic heterocycles. The molecule has 0 fully saturated rings. The van der Waals surface area contributed by atoms with Crippen LogP contribution < -0.4 is 14.3 Å². The summed E-state index contributed by atoms with van der Waals surface area (Å²) in [5.41, 5.74) is -3.21. The van der Waals surface area contributed by atoms with Gasteiger partial charge in [-0.05, 0) is 60.7 Å². The Balaban J connectivity index is 1.76. The second-order valence-electron chi connectivity index (χ2n) is 8.19. The van der Waals surface area contributed by atoms with Gasteiger partial charge in [-0.2, -0.15) is 26.3 Å². The lowest BCUT2D eigenvalue weighted by molar-refractivity contribution is -0.138. The molecule has 0 atom stereocenters. The van der Waals surface area contributed by atoms with Crippen molar-refractivity contribution in [2.75, 3.05) is 27.1 Å². The predicted octanol–water partition coefficient (Wildman–Crippen LogP) is 5.58. The first-order valence-corrected chi connectivity index (χ1v) is 14.4. The van der Waals surface area contributed by atoms with Crippen LogP contribution in [0, 0.1) is 0 Å². The number of alkyl halides is 6. The summed E-state index contributed by atoms with van der Waals surface area (Å²) < 4.78 is 130. The van der Waals surface area contributed by atoms with E-state index in [1.165, 1.54) is 0 Å². The van der Waals surface area contributed by atoms with E-state index in [4.69, 9.17) is 11.6 Å². The maximum absolute atomic E-state index is 13.2. The number of carbonyl (C=O) groups is 1. The summed E-state index contributed by atoms with van der Waals surface area (Å²) in [6.45, 7) is -0.936. The van der Waals surface area contributed by atoms with Gasteiger partial charge in [0.2, 0.25) is 15.9 Å². The van der Waals surface area contributed by atoms with Crippen LogP contribution in [0.2, 0.25) is 5.02 Å². The number of hydrogen-bond donors (Lipinski definition) is 2. The summed E-state index contributed by atoms with van der Waals surface area (Å²) in [7, 11) is -8.58. The smallest absolute Gasteiger partial charge is 0.325 e. The minimum absolute atomic E-state index is 0.0106. The average molecular weight is 630 g/mol. The Morgan fingerprint density at radius 2 is 1.48 bits per heavy atom. The molecule has 3 aromatic rings. The third-order valence-corrected chi connectivity index (χ3v) is 7.99. The second kappa shape index (κ2) is 11.2. The maximum Gasteiger partial charge on any atom is 0.417 e. The van der Waals surface area contributed by atoms with E-state index < -0.39 is 66.7 Å². The lowest BCUT2D eigenvalue weighted by Crippen LogP contribution is -2.37. The van der Waals surface area contributed by atoms with Gasteiger partial charge >= 0.3 is 12.4 Å². The van der Waals surface area contributed by atoms with Crippen molar-refractivity contribution in [3.8, 4) is 0 Å². The van der Waals surface area contributed by atoms with E-state index in [0.29, 0.717) is 22.7 Å². The zero-order chi connectivity index (χ0) is 30.1. The van der Waals surface area contributed by atoms with Gasteiger partial charge < -0.3 is 5.32 Å². The molecule has 0 aromatic heterocycles. The number of halogens is 7. The van der Waals surface area contributed by atoms with E-state index >= 15 is 0 Å². The fourth-order valence-corrected chi connectivity index (χ4v) is 5.43. The molecule has 0 saturated carbocycles. The van der Waals surface area contributed by atoms with E-state index in [1.54, 1.807) is 0 Å². The summed E-state index contributed by atoms with van der Waals surface area (Å²) >= 11 is 5.57. The number of amides is 1. The van der Waals surface area contributed by atoms with Gasteiger partial charge in [0.15, 0.2) is 0 Å². The van der Waals surface area contributed by atoms with Crippen molar-refractivity contribution in [2.24, 2.45) is 0 Å². The minimum atomic E-state index is -4.89. The van der Waals surface area contributed by atoms with Crippen molar-refractivity contribution in [3.05, 3.63) is 82.9 Å². The van der Waals surface area contributed by atoms with Gasteiger partial charge in [-0.25, -0.2) is 16.8 Å². The fraction of sp³-hybridized carbons (Fsp3) is 0.174. The number of rotatable bonds is 8. The summed E-state index contributed by atoms with van der Waals surface area (Å²) in [5.74, 6) is -0.980. The highest BCUT2D eigenvalue weighted by molar-refractivity contribution is 7.92. The summed E-state index contributed by atoms with van der Waals surface area (Å²) in [4.78, 5) is 12.2. The number of benzene rings is 3. The number of nitrogens with zero attached hydrogens (tertiary/aromatic N) is 1. The van der Waals surface area contributed by atoms with E-state index in [-0.39, 0.29) is 16.3 Å². The van der Waals surface area contributed by atoms with Crippen molar-refractivity contribution < 1.29 is 48.0 Å². The minimum Gasteiger partial charge on any atom is -0.325 e. The van der Waals surface area contributed by atoms with Crippen LogP contribution in [-0.2, 0) is 37.2 Å². The first-order chi connectivity index (χ1) is 18.3. The number of sulfonamides is 2. The Kier molecular flexibility index (Phi) is 8.67. The second-order valence-corrected chi connectivity index (χ2v) is 12.2.